The van der Waals surface area contributed by atoms with Crippen LogP contribution in [-0.4, -0.2) is 28.6 Å². The Morgan fingerprint density at radius 3 is 2.41 bits per heavy atom. The third-order valence-corrected chi connectivity index (χ3v) is 5.65. The number of allylic oxidation sites excluding steroid dienone is 2. The van der Waals surface area contributed by atoms with Crippen LogP contribution in [0.2, 0.25) is 0 Å². The fourth-order valence-corrected chi connectivity index (χ4v) is 4.79. The summed E-state index contributed by atoms with van der Waals surface area (Å²) in [7, 11) is 0. The number of imide groups is 1. The van der Waals surface area contributed by atoms with Gasteiger partial charge in [0.1, 0.15) is 5.60 Å². The molecule has 0 N–H and O–H groups in total. The molecule has 6 atom stereocenters. The van der Waals surface area contributed by atoms with Gasteiger partial charge in [0.2, 0.25) is 0 Å². The van der Waals surface area contributed by atoms with Gasteiger partial charge in [0.25, 0.3) is 11.8 Å². The lowest BCUT2D eigenvalue weighted by atomic mass is 9.72. The summed E-state index contributed by atoms with van der Waals surface area (Å²) in [4.78, 5) is 41.7. The SMILES string of the molecule is C[C@H]1C2[C@@H]3C(=O)N(OC(=O)OC(C)(C)C)C(=O)[C@@H]3[C@H]3C=CC231. The number of ether oxygens (including phenoxy) is 1. The molecule has 3 fully saturated rings. The molecule has 6 nitrogen and oxygen atoms in total. The molecule has 4 rings (SSSR count). The number of carbonyl (C=O) groups excluding carboxylic acids is 3. The largest absolute Gasteiger partial charge is 0.534 e. The van der Waals surface area contributed by atoms with Crippen molar-refractivity contribution in [3.8, 4) is 0 Å². The summed E-state index contributed by atoms with van der Waals surface area (Å²) < 4.78 is 5.02. The van der Waals surface area contributed by atoms with E-state index in [0.717, 1.165) is 0 Å². The summed E-state index contributed by atoms with van der Waals surface area (Å²) in [6.45, 7) is 7.19. The summed E-state index contributed by atoms with van der Waals surface area (Å²) in [5.41, 5.74) is -0.686. The number of hydrogen-bond acceptors (Lipinski definition) is 5. The van der Waals surface area contributed by atoms with Crippen LogP contribution in [0.1, 0.15) is 27.7 Å². The van der Waals surface area contributed by atoms with E-state index in [-0.39, 0.29) is 29.1 Å². The maximum atomic E-state index is 12.5. The zero-order valence-electron chi connectivity index (χ0n) is 13.0. The lowest BCUT2D eigenvalue weighted by Crippen LogP contribution is -2.39. The first-order chi connectivity index (χ1) is 10.2. The molecule has 2 unspecified atom stereocenters. The molecule has 1 saturated heterocycles. The maximum Gasteiger partial charge on any atom is 0.534 e. The van der Waals surface area contributed by atoms with Crippen LogP contribution in [0.4, 0.5) is 4.79 Å². The molecule has 4 aliphatic rings. The Morgan fingerprint density at radius 1 is 1.23 bits per heavy atom. The van der Waals surface area contributed by atoms with Gasteiger partial charge in [-0.25, -0.2) is 4.79 Å². The first-order valence-corrected chi connectivity index (χ1v) is 7.66. The number of hydrogen-bond donors (Lipinski definition) is 0. The second-order valence-corrected chi connectivity index (χ2v) is 7.78. The monoisotopic (exact) mass is 305 g/mol. The lowest BCUT2D eigenvalue weighted by molar-refractivity contribution is -0.183. The van der Waals surface area contributed by atoms with Gasteiger partial charge in [-0.2, -0.15) is 0 Å². The van der Waals surface area contributed by atoms with Crippen molar-refractivity contribution in [2.45, 2.75) is 33.3 Å². The van der Waals surface area contributed by atoms with Crippen molar-refractivity contribution >= 4 is 18.0 Å². The van der Waals surface area contributed by atoms with Crippen molar-refractivity contribution in [2.75, 3.05) is 0 Å². The van der Waals surface area contributed by atoms with Crippen LogP contribution in [0.25, 0.3) is 0 Å². The molecule has 1 spiro atoms. The van der Waals surface area contributed by atoms with Crippen LogP contribution in [0.3, 0.4) is 0 Å². The zero-order chi connectivity index (χ0) is 16.0. The fourth-order valence-electron chi connectivity index (χ4n) is 4.79. The molecule has 2 saturated carbocycles. The van der Waals surface area contributed by atoms with E-state index in [0.29, 0.717) is 11.0 Å². The molecule has 1 heterocycles. The van der Waals surface area contributed by atoms with E-state index >= 15 is 0 Å². The fraction of sp³-hybridized carbons (Fsp3) is 0.688. The number of nitrogens with zero attached hydrogens (tertiary/aromatic N) is 1. The molecule has 118 valence electrons. The predicted molar refractivity (Wildman–Crippen MR) is 73.9 cm³/mol. The highest BCUT2D eigenvalue weighted by molar-refractivity contribution is 6.06. The van der Waals surface area contributed by atoms with Crippen molar-refractivity contribution in [3.63, 3.8) is 0 Å². The van der Waals surface area contributed by atoms with Gasteiger partial charge in [-0.05, 0) is 38.5 Å². The van der Waals surface area contributed by atoms with Crippen molar-refractivity contribution in [1.29, 1.82) is 0 Å². The summed E-state index contributed by atoms with van der Waals surface area (Å²) in [5.74, 6) is -0.801. The van der Waals surface area contributed by atoms with Gasteiger partial charge in [-0.15, -0.1) is 0 Å². The lowest BCUT2D eigenvalue weighted by Gasteiger charge is -2.31. The molecule has 0 bridgehead atoms. The second kappa shape index (κ2) is 3.73. The average Bonchev–Trinajstić information content (AvgIpc) is 2.83. The van der Waals surface area contributed by atoms with Gasteiger partial charge in [0.05, 0.1) is 11.8 Å². The highest BCUT2D eigenvalue weighted by Gasteiger charge is 2.82. The first-order valence-electron chi connectivity index (χ1n) is 7.66. The number of hydroxylamine groups is 2. The van der Waals surface area contributed by atoms with Crippen molar-refractivity contribution < 1.29 is 24.0 Å². The van der Waals surface area contributed by atoms with E-state index in [9.17, 15) is 14.4 Å². The molecular formula is C16H19NO5. The van der Waals surface area contributed by atoms with Crippen LogP contribution in [-0.2, 0) is 19.2 Å². The van der Waals surface area contributed by atoms with E-state index in [2.05, 4.69) is 13.0 Å². The van der Waals surface area contributed by atoms with Gasteiger partial charge in [0, 0.05) is 5.41 Å². The Hall–Kier alpha value is -1.85. The van der Waals surface area contributed by atoms with E-state index in [1.807, 2.05) is 6.08 Å². The third-order valence-electron chi connectivity index (χ3n) is 5.65. The minimum absolute atomic E-state index is 0.0542. The second-order valence-electron chi connectivity index (χ2n) is 7.78. The minimum atomic E-state index is -1.02. The predicted octanol–water partition coefficient (Wildman–Crippen LogP) is 1.91. The van der Waals surface area contributed by atoms with Crippen LogP contribution in [0.15, 0.2) is 12.2 Å². The first kappa shape index (κ1) is 13.8. The molecule has 1 aliphatic heterocycles. The van der Waals surface area contributed by atoms with Crippen LogP contribution >= 0.6 is 0 Å². The molecule has 0 aromatic rings. The van der Waals surface area contributed by atoms with E-state index < -0.39 is 23.6 Å². The standard InChI is InChI=1S/C16H19NO5/c1-7-11-10-9(8-5-6-16(7,8)11)12(18)17(13(10)19)22-14(20)21-15(2,3)4/h5-11H,1-4H3/t7-,8+,9+,10+,11?,16?/m0/s1. The van der Waals surface area contributed by atoms with Gasteiger partial charge in [-0.1, -0.05) is 24.1 Å². The minimum Gasteiger partial charge on any atom is -0.427 e. The van der Waals surface area contributed by atoms with Crippen molar-refractivity contribution in [2.24, 2.45) is 35.0 Å². The Kier molecular flexibility index (Phi) is 2.33. The summed E-state index contributed by atoms with van der Waals surface area (Å²) in [6, 6.07) is 0. The zero-order valence-corrected chi connectivity index (χ0v) is 13.0. The Balaban J connectivity index is 1.53. The van der Waals surface area contributed by atoms with Gasteiger partial charge >= 0.3 is 6.16 Å². The van der Waals surface area contributed by atoms with Crippen LogP contribution in [0, 0.1) is 35.0 Å². The highest BCUT2D eigenvalue weighted by Crippen LogP contribution is 2.80. The van der Waals surface area contributed by atoms with Crippen LogP contribution in [0.5, 0.6) is 0 Å². The normalized spacial score (nSPS) is 44.2. The summed E-state index contributed by atoms with van der Waals surface area (Å²) >= 11 is 0. The number of carbonyl (C=O) groups is 3. The van der Waals surface area contributed by atoms with Gasteiger partial charge < -0.3 is 4.74 Å². The highest BCUT2D eigenvalue weighted by atomic mass is 16.8. The smallest absolute Gasteiger partial charge is 0.427 e. The average molecular weight is 305 g/mol. The summed E-state index contributed by atoms with van der Waals surface area (Å²) in [6.07, 6.45) is 3.14. The molecule has 2 amide bonds. The third kappa shape index (κ3) is 1.43. The molecule has 6 heteroatoms. The van der Waals surface area contributed by atoms with E-state index in [4.69, 9.17) is 9.57 Å². The summed E-state index contributed by atoms with van der Waals surface area (Å²) in [5, 5.41) is 0.629. The number of amides is 2. The number of rotatable bonds is 1. The van der Waals surface area contributed by atoms with Crippen molar-refractivity contribution in [3.05, 3.63) is 12.2 Å². The topological polar surface area (TPSA) is 72.9 Å². The molecule has 0 aromatic heterocycles. The van der Waals surface area contributed by atoms with E-state index in [1.54, 1.807) is 20.8 Å². The Labute approximate surface area is 128 Å². The quantitative estimate of drug-likeness (QED) is 0.420. The molecule has 22 heavy (non-hydrogen) atoms. The van der Waals surface area contributed by atoms with Gasteiger partial charge in [-0.3, -0.25) is 14.4 Å². The number of fused-ring (bicyclic) bond motifs is 3. The Morgan fingerprint density at radius 2 is 1.86 bits per heavy atom. The van der Waals surface area contributed by atoms with Gasteiger partial charge in [0.15, 0.2) is 0 Å². The molecule has 0 aromatic carbocycles. The molecular weight excluding hydrogens is 286 g/mol. The maximum absolute atomic E-state index is 12.5. The Bertz CT molecular complexity index is 633. The van der Waals surface area contributed by atoms with Crippen molar-refractivity contribution in [1.82, 2.24) is 5.06 Å². The molecule has 3 aliphatic carbocycles. The van der Waals surface area contributed by atoms with Crippen LogP contribution < -0.4 is 0 Å². The molecule has 0 radical (unpaired) electrons. The van der Waals surface area contributed by atoms with E-state index in [1.165, 1.54) is 0 Å².